The summed E-state index contributed by atoms with van der Waals surface area (Å²) < 4.78 is 0. The van der Waals surface area contributed by atoms with E-state index >= 15 is 0 Å². The highest BCUT2D eigenvalue weighted by Crippen LogP contribution is 2.29. The minimum Gasteiger partial charge on any atom is -0.339 e. The smallest absolute Gasteiger partial charge is 0.137 e. The molecule has 0 saturated carbocycles. The van der Waals surface area contributed by atoms with Crippen LogP contribution in [0.15, 0.2) is 42.6 Å². The first-order valence-electron chi connectivity index (χ1n) is 8.91. The van der Waals surface area contributed by atoms with Crippen LogP contribution in [0, 0.1) is 6.92 Å². The number of aromatic nitrogens is 3. The monoisotopic (exact) mass is 351 g/mol. The highest BCUT2D eigenvalue weighted by Gasteiger charge is 2.11. The molecule has 1 N–H and O–H groups in total. The molecule has 4 heterocycles. The van der Waals surface area contributed by atoms with Crippen LogP contribution in [-0.4, -0.2) is 26.5 Å². The molecule has 3 aromatic rings. The fraction of sp³-hybridized carbons (Fsp3) is 0.333. The van der Waals surface area contributed by atoms with Crippen LogP contribution in [0.4, 0.5) is 0 Å². The van der Waals surface area contributed by atoms with Gasteiger partial charge in [0.05, 0.1) is 5.69 Å². The molecule has 3 aromatic heterocycles. The predicted molar refractivity (Wildman–Crippen MR) is 110 cm³/mol. The fourth-order valence-corrected chi connectivity index (χ4v) is 3.65. The quantitative estimate of drug-likeness (QED) is 0.628. The van der Waals surface area contributed by atoms with Gasteiger partial charge in [0.1, 0.15) is 5.65 Å². The molecule has 0 amide bonds. The number of allylic oxidation sites excluding steroid dienone is 1. The van der Waals surface area contributed by atoms with Crippen LogP contribution in [0.1, 0.15) is 38.1 Å². The van der Waals surface area contributed by atoms with Crippen molar-refractivity contribution >= 4 is 28.4 Å². The number of nitrogens with one attached hydrogen (secondary N) is 1. The minimum atomic E-state index is 0.950. The van der Waals surface area contributed by atoms with Gasteiger partial charge in [-0.1, -0.05) is 32.4 Å². The van der Waals surface area contributed by atoms with Crippen LogP contribution in [-0.2, 0) is 0 Å². The zero-order valence-corrected chi connectivity index (χ0v) is 16.0. The first-order chi connectivity index (χ1) is 12.2. The Labute approximate surface area is 154 Å². The summed E-state index contributed by atoms with van der Waals surface area (Å²) in [5.74, 6) is 2.31. The summed E-state index contributed by atoms with van der Waals surface area (Å²) in [5, 5.41) is 1.15. The van der Waals surface area contributed by atoms with Gasteiger partial charge < -0.3 is 4.98 Å². The van der Waals surface area contributed by atoms with E-state index in [-0.39, 0.29) is 0 Å². The number of thioether (sulfide) groups is 1. The van der Waals surface area contributed by atoms with E-state index in [1.807, 2.05) is 43.1 Å². The van der Waals surface area contributed by atoms with Crippen molar-refractivity contribution in [2.45, 2.75) is 33.6 Å². The third kappa shape index (κ3) is 4.31. The van der Waals surface area contributed by atoms with E-state index in [4.69, 9.17) is 0 Å². The zero-order valence-electron chi connectivity index (χ0n) is 15.2. The lowest BCUT2D eigenvalue weighted by molar-refractivity contribution is 1.09. The van der Waals surface area contributed by atoms with Gasteiger partial charge in [0.25, 0.3) is 0 Å². The number of pyridine rings is 2. The Morgan fingerprint density at radius 1 is 1.20 bits per heavy atom. The van der Waals surface area contributed by atoms with Crippen molar-refractivity contribution in [3.05, 3.63) is 54.0 Å². The van der Waals surface area contributed by atoms with Crippen molar-refractivity contribution in [1.29, 1.82) is 0 Å². The van der Waals surface area contributed by atoms with Gasteiger partial charge in [-0.05, 0) is 48.9 Å². The second-order valence-corrected chi connectivity index (χ2v) is 7.42. The molecule has 0 saturated heterocycles. The molecule has 0 bridgehead atoms. The van der Waals surface area contributed by atoms with Gasteiger partial charge in [-0.2, -0.15) is 11.8 Å². The summed E-state index contributed by atoms with van der Waals surface area (Å²) in [6.07, 6.45) is 6.60. The Bertz CT molecular complexity index is 880. The predicted octanol–water partition coefficient (Wildman–Crippen LogP) is 5.87. The van der Waals surface area contributed by atoms with Gasteiger partial charge in [0.2, 0.25) is 0 Å². The number of nitrogens with zero attached hydrogens (tertiary/aromatic N) is 2. The molecule has 0 atom stereocenters. The molecule has 25 heavy (non-hydrogen) atoms. The second-order valence-electron chi connectivity index (χ2n) is 6.27. The van der Waals surface area contributed by atoms with Crippen LogP contribution in [0.2, 0.25) is 0 Å². The topological polar surface area (TPSA) is 41.6 Å². The lowest BCUT2D eigenvalue weighted by Crippen LogP contribution is -1.95. The van der Waals surface area contributed by atoms with Gasteiger partial charge in [0, 0.05) is 34.3 Å². The third-order valence-corrected chi connectivity index (χ3v) is 4.86. The number of hydrogen-bond acceptors (Lipinski definition) is 3. The molecular weight excluding hydrogens is 326 g/mol. The number of rotatable bonds is 2. The molecule has 0 radical (unpaired) electrons. The summed E-state index contributed by atoms with van der Waals surface area (Å²) in [6.45, 7) is 6.26. The Morgan fingerprint density at radius 3 is 2.76 bits per heavy atom. The SMILES string of the molecule is CCC.Cc1cccc(-c2cnc3[nH]c(C4=CCSCC4)cc3c2)n1. The van der Waals surface area contributed by atoms with E-state index in [1.54, 1.807) is 0 Å². The van der Waals surface area contributed by atoms with Crippen LogP contribution in [0.25, 0.3) is 27.9 Å². The number of aromatic amines is 1. The van der Waals surface area contributed by atoms with Gasteiger partial charge in [-0.15, -0.1) is 0 Å². The van der Waals surface area contributed by atoms with Gasteiger partial charge in [-0.3, -0.25) is 4.98 Å². The molecule has 1 aliphatic heterocycles. The number of fused-ring (bicyclic) bond motifs is 1. The highest BCUT2D eigenvalue weighted by atomic mass is 32.2. The van der Waals surface area contributed by atoms with Crippen molar-refractivity contribution in [3.63, 3.8) is 0 Å². The van der Waals surface area contributed by atoms with Crippen molar-refractivity contribution in [2.24, 2.45) is 0 Å². The van der Waals surface area contributed by atoms with Crippen LogP contribution < -0.4 is 0 Å². The lowest BCUT2D eigenvalue weighted by atomic mass is 10.1. The molecule has 0 spiro atoms. The van der Waals surface area contributed by atoms with Crippen molar-refractivity contribution in [1.82, 2.24) is 15.0 Å². The molecule has 3 nitrogen and oxygen atoms in total. The first-order valence-corrected chi connectivity index (χ1v) is 10.1. The molecule has 0 aliphatic carbocycles. The summed E-state index contributed by atoms with van der Waals surface area (Å²) in [4.78, 5) is 12.6. The molecule has 0 unspecified atom stereocenters. The van der Waals surface area contributed by atoms with Crippen molar-refractivity contribution in [3.8, 4) is 11.3 Å². The second kappa shape index (κ2) is 8.34. The van der Waals surface area contributed by atoms with E-state index in [0.29, 0.717) is 0 Å². The van der Waals surface area contributed by atoms with E-state index in [0.717, 1.165) is 40.2 Å². The van der Waals surface area contributed by atoms with Crippen molar-refractivity contribution in [2.75, 3.05) is 11.5 Å². The van der Waals surface area contributed by atoms with Crippen LogP contribution in [0.5, 0.6) is 0 Å². The fourth-order valence-electron chi connectivity index (χ4n) is 2.80. The van der Waals surface area contributed by atoms with Gasteiger partial charge >= 0.3 is 0 Å². The minimum absolute atomic E-state index is 0.950. The normalized spacial score (nSPS) is 14.0. The molecular formula is C21H25N3S. The molecule has 4 heteroatoms. The van der Waals surface area contributed by atoms with Crippen LogP contribution in [0.3, 0.4) is 0 Å². The maximum absolute atomic E-state index is 4.58. The van der Waals surface area contributed by atoms with Crippen LogP contribution >= 0.6 is 11.8 Å². The average molecular weight is 352 g/mol. The maximum atomic E-state index is 4.58. The van der Waals surface area contributed by atoms with E-state index < -0.39 is 0 Å². The molecule has 0 fully saturated rings. The van der Waals surface area contributed by atoms with Gasteiger partial charge in [-0.25, -0.2) is 4.98 Å². The standard InChI is InChI=1S/C18H17N3S.C3H8/c1-12-3-2-4-16(20-12)15-9-14-10-17(21-18(14)19-11-15)13-5-7-22-8-6-13;1-3-2/h2-5,9-11H,6-8H2,1H3,(H,19,21);3H2,1-2H3. The van der Waals surface area contributed by atoms with Gasteiger partial charge in [0.15, 0.2) is 0 Å². The highest BCUT2D eigenvalue weighted by molar-refractivity contribution is 7.99. The Morgan fingerprint density at radius 2 is 2.04 bits per heavy atom. The summed E-state index contributed by atoms with van der Waals surface area (Å²) in [6, 6.07) is 10.5. The molecule has 4 rings (SSSR count). The maximum Gasteiger partial charge on any atom is 0.137 e. The summed E-state index contributed by atoms with van der Waals surface area (Å²) in [5.41, 5.74) is 6.63. The van der Waals surface area contributed by atoms with E-state index in [9.17, 15) is 0 Å². The molecule has 130 valence electrons. The first kappa shape index (κ1) is 17.7. The molecule has 1 aliphatic rings. The summed E-state index contributed by atoms with van der Waals surface area (Å²) in [7, 11) is 0. The summed E-state index contributed by atoms with van der Waals surface area (Å²) >= 11 is 1.99. The average Bonchev–Trinajstić information content (AvgIpc) is 3.06. The van der Waals surface area contributed by atoms with E-state index in [2.05, 4.69) is 47.0 Å². The van der Waals surface area contributed by atoms with E-state index in [1.165, 1.54) is 23.4 Å². The number of H-pyrrole nitrogens is 1. The Hall–Kier alpha value is -2.07. The Balaban J connectivity index is 0.000000569. The number of aryl methyl sites for hydroxylation is 1. The van der Waals surface area contributed by atoms with Crippen molar-refractivity contribution < 1.29 is 0 Å². The largest absolute Gasteiger partial charge is 0.339 e. The third-order valence-electron chi connectivity index (χ3n) is 3.96. The molecule has 0 aromatic carbocycles. The Kier molecular flexibility index (Phi) is 5.92. The number of hydrogen-bond donors (Lipinski definition) is 1. The lowest BCUT2D eigenvalue weighted by Gasteiger charge is -2.10. The zero-order chi connectivity index (χ0) is 17.6.